The minimum Gasteiger partial charge on any atom is -0.497 e. The van der Waals surface area contributed by atoms with Crippen molar-refractivity contribution in [3.63, 3.8) is 0 Å². The summed E-state index contributed by atoms with van der Waals surface area (Å²) in [6.45, 7) is 0. The van der Waals surface area contributed by atoms with Crippen molar-refractivity contribution < 1.29 is 9.53 Å². The molecule has 0 radical (unpaired) electrons. The first-order valence-electron chi connectivity index (χ1n) is 4.86. The van der Waals surface area contributed by atoms with Crippen molar-refractivity contribution in [2.24, 2.45) is 4.99 Å². The molecule has 1 unspecified atom stereocenters. The number of anilines is 1. The van der Waals surface area contributed by atoms with Gasteiger partial charge in [0.15, 0.2) is 5.50 Å². The van der Waals surface area contributed by atoms with Crippen molar-refractivity contribution in [2.45, 2.75) is 5.50 Å². The summed E-state index contributed by atoms with van der Waals surface area (Å²) in [5.41, 5.74) is 0.693. The summed E-state index contributed by atoms with van der Waals surface area (Å²) in [5.74, 6) is 1.63. The van der Waals surface area contributed by atoms with E-state index in [0.29, 0.717) is 0 Å². The minimum atomic E-state index is -0.133. The first-order chi connectivity index (χ1) is 7.85. The van der Waals surface area contributed by atoms with E-state index in [9.17, 15) is 4.79 Å². The molecule has 0 spiro atoms. The molecule has 1 aromatic carbocycles. The smallest absolute Gasteiger partial charge is 0.216 e. The highest BCUT2D eigenvalue weighted by atomic mass is 32.2. The number of methoxy groups -OCH3 is 1. The van der Waals surface area contributed by atoms with E-state index in [-0.39, 0.29) is 5.50 Å². The number of thioether (sulfide) groups is 1. The molecule has 16 heavy (non-hydrogen) atoms. The van der Waals surface area contributed by atoms with Crippen molar-refractivity contribution in [3.05, 3.63) is 24.3 Å². The molecule has 0 N–H and O–H groups in total. The number of benzene rings is 1. The summed E-state index contributed by atoms with van der Waals surface area (Å²) in [6, 6.07) is 7.35. The fourth-order valence-electron chi connectivity index (χ4n) is 1.45. The number of carbonyl (C=O) groups excluding carboxylic acids is 1. The maximum absolute atomic E-state index is 11.1. The van der Waals surface area contributed by atoms with Gasteiger partial charge in [0, 0.05) is 17.7 Å². The Morgan fingerprint density at radius 2 is 2.25 bits per heavy atom. The minimum absolute atomic E-state index is 0.133. The number of aliphatic imine (C=N–C) groups is 1. The highest BCUT2D eigenvalue weighted by molar-refractivity contribution is 8.00. The SMILES string of the molecule is COc1ccc(N(C=O)C2N=CCS2)cc1. The Balaban J connectivity index is 2.19. The van der Waals surface area contributed by atoms with E-state index < -0.39 is 0 Å². The lowest BCUT2D eigenvalue weighted by Crippen LogP contribution is -2.28. The molecular weight excluding hydrogens is 224 g/mol. The van der Waals surface area contributed by atoms with E-state index in [4.69, 9.17) is 4.74 Å². The van der Waals surface area contributed by atoms with Crippen LogP contribution in [0.2, 0.25) is 0 Å². The van der Waals surface area contributed by atoms with Gasteiger partial charge in [-0.1, -0.05) is 0 Å². The van der Waals surface area contributed by atoms with Crippen molar-refractivity contribution in [1.29, 1.82) is 0 Å². The van der Waals surface area contributed by atoms with E-state index >= 15 is 0 Å². The van der Waals surface area contributed by atoms with Crippen molar-refractivity contribution in [2.75, 3.05) is 17.8 Å². The molecule has 1 aliphatic rings. The van der Waals surface area contributed by atoms with Crippen LogP contribution in [-0.2, 0) is 4.79 Å². The number of ether oxygens (including phenoxy) is 1. The average Bonchev–Trinajstić information content (AvgIpc) is 2.85. The Labute approximate surface area is 98.3 Å². The molecule has 1 atom stereocenters. The highest BCUT2D eigenvalue weighted by Crippen LogP contribution is 2.26. The van der Waals surface area contributed by atoms with Gasteiger partial charge in [-0.25, -0.2) is 0 Å². The molecule has 0 saturated carbocycles. The van der Waals surface area contributed by atoms with Gasteiger partial charge in [-0.3, -0.25) is 14.7 Å². The molecule has 84 valence electrons. The fraction of sp³-hybridized carbons (Fsp3) is 0.273. The lowest BCUT2D eigenvalue weighted by atomic mass is 10.3. The zero-order chi connectivity index (χ0) is 11.4. The second-order valence-electron chi connectivity index (χ2n) is 3.20. The van der Waals surface area contributed by atoms with Gasteiger partial charge in [0.1, 0.15) is 5.75 Å². The van der Waals surface area contributed by atoms with Gasteiger partial charge in [-0.2, -0.15) is 0 Å². The Kier molecular flexibility index (Phi) is 3.46. The van der Waals surface area contributed by atoms with Crippen molar-refractivity contribution in [1.82, 2.24) is 0 Å². The third-order valence-corrected chi connectivity index (χ3v) is 3.26. The standard InChI is InChI=1S/C11H12N2O2S/c1-15-10-4-2-9(3-5-10)13(8-14)11-12-6-7-16-11/h2-6,8,11H,7H2,1H3. The Bertz CT molecular complexity index is 391. The van der Waals surface area contributed by atoms with Gasteiger partial charge in [0.05, 0.1) is 7.11 Å². The van der Waals surface area contributed by atoms with E-state index in [1.54, 1.807) is 23.8 Å². The lowest BCUT2D eigenvalue weighted by molar-refractivity contribution is -0.107. The van der Waals surface area contributed by atoms with Crippen molar-refractivity contribution >= 4 is 30.1 Å². The van der Waals surface area contributed by atoms with Crippen LogP contribution in [-0.4, -0.2) is 31.0 Å². The molecule has 0 aliphatic carbocycles. The predicted octanol–water partition coefficient (Wildman–Crippen LogP) is 1.76. The Hall–Kier alpha value is -1.49. The highest BCUT2D eigenvalue weighted by Gasteiger charge is 2.20. The lowest BCUT2D eigenvalue weighted by Gasteiger charge is -2.21. The van der Waals surface area contributed by atoms with Gasteiger partial charge in [-0.15, -0.1) is 11.8 Å². The zero-order valence-electron chi connectivity index (χ0n) is 8.87. The molecule has 4 nitrogen and oxygen atoms in total. The second-order valence-corrected chi connectivity index (χ2v) is 4.29. The van der Waals surface area contributed by atoms with Gasteiger partial charge in [-0.05, 0) is 24.3 Å². The summed E-state index contributed by atoms with van der Waals surface area (Å²) in [6.07, 6.45) is 2.64. The molecular formula is C11H12N2O2S. The maximum Gasteiger partial charge on any atom is 0.216 e. The molecule has 5 heteroatoms. The second kappa shape index (κ2) is 5.03. The molecule has 1 aliphatic heterocycles. The molecule has 0 fully saturated rings. The number of rotatable bonds is 4. The molecule has 0 saturated heterocycles. The zero-order valence-corrected chi connectivity index (χ0v) is 9.68. The third-order valence-electron chi connectivity index (χ3n) is 2.27. The maximum atomic E-state index is 11.1. The molecule has 0 bridgehead atoms. The molecule has 1 heterocycles. The Morgan fingerprint density at radius 3 is 2.75 bits per heavy atom. The fourth-order valence-corrected chi connectivity index (χ4v) is 2.30. The van der Waals surface area contributed by atoms with Crippen LogP contribution in [0.5, 0.6) is 5.75 Å². The van der Waals surface area contributed by atoms with Gasteiger partial charge in [0.2, 0.25) is 6.41 Å². The quantitative estimate of drug-likeness (QED) is 0.748. The van der Waals surface area contributed by atoms with Crippen LogP contribution in [0.25, 0.3) is 0 Å². The van der Waals surface area contributed by atoms with Crippen LogP contribution < -0.4 is 9.64 Å². The van der Waals surface area contributed by atoms with Crippen LogP contribution in [0.1, 0.15) is 0 Å². The van der Waals surface area contributed by atoms with Gasteiger partial charge >= 0.3 is 0 Å². The monoisotopic (exact) mass is 236 g/mol. The van der Waals surface area contributed by atoms with Crippen LogP contribution in [0, 0.1) is 0 Å². The summed E-state index contributed by atoms with van der Waals surface area (Å²) in [7, 11) is 1.61. The number of nitrogens with zero attached hydrogens (tertiary/aromatic N) is 2. The summed E-state index contributed by atoms with van der Waals surface area (Å²) < 4.78 is 5.07. The number of hydrogen-bond donors (Lipinski definition) is 0. The Morgan fingerprint density at radius 1 is 1.50 bits per heavy atom. The van der Waals surface area contributed by atoms with Crippen LogP contribution in [0.3, 0.4) is 0 Å². The van der Waals surface area contributed by atoms with Gasteiger partial charge < -0.3 is 4.74 Å². The number of carbonyl (C=O) groups is 1. The van der Waals surface area contributed by atoms with Gasteiger partial charge in [0.25, 0.3) is 0 Å². The largest absolute Gasteiger partial charge is 0.497 e. The molecule has 1 aromatic rings. The van der Waals surface area contributed by atoms with Crippen LogP contribution >= 0.6 is 11.8 Å². The van der Waals surface area contributed by atoms with Crippen molar-refractivity contribution in [3.8, 4) is 5.75 Å². The van der Waals surface area contributed by atoms with Crippen LogP contribution in [0.15, 0.2) is 29.3 Å². The summed E-state index contributed by atoms with van der Waals surface area (Å²) in [5, 5.41) is 0. The topological polar surface area (TPSA) is 41.9 Å². The van der Waals surface area contributed by atoms with E-state index in [0.717, 1.165) is 23.6 Å². The first-order valence-corrected chi connectivity index (χ1v) is 5.91. The molecule has 1 amide bonds. The number of amides is 1. The number of hydrogen-bond acceptors (Lipinski definition) is 4. The average molecular weight is 236 g/mol. The van der Waals surface area contributed by atoms with Crippen LogP contribution in [0.4, 0.5) is 5.69 Å². The summed E-state index contributed by atoms with van der Waals surface area (Å²) in [4.78, 5) is 16.9. The summed E-state index contributed by atoms with van der Waals surface area (Å²) >= 11 is 1.62. The first kappa shape index (κ1) is 11.0. The molecule has 2 rings (SSSR count). The molecule has 0 aromatic heterocycles. The normalized spacial score (nSPS) is 18.4. The van der Waals surface area contributed by atoms with E-state index in [2.05, 4.69) is 4.99 Å². The van der Waals surface area contributed by atoms with E-state index in [1.165, 1.54) is 0 Å². The van der Waals surface area contributed by atoms with E-state index in [1.807, 2.05) is 30.5 Å². The third kappa shape index (κ3) is 2.19. The predicted molar refractivity (Wildman–Crippen MR) is 66.3 cm³/mol.